The van der Waals surface area contributed by atoms with E-state index in [1.165, 1.54) is 30.7 Å². The molecule has 2 rings (SSSR count). The Morgan fingerprint density at radius 3 is 2.09 bits per heavy atom. The molecule has 0 spiro atoms. The summed E-state index contributed by atoms with van der Waals surface area (Å²) in [5.41, 5.74) is 0. The molecule has 2 saturated heterocycles. The zero-order valence-corrected chi connectivity index (χ0v) is 9.20. The predicted molar refractivity (Wildman–Crippen MR) is 52.7 cm³/mol. The Kier molecular flexibility index (Phi) is 1.81. The lowest BCUT2D eigenvalue weighted by Crippen LogP contribution is -2.42. The van der Waals surface area contributed by atoms with Crippen molar-refractivity contribution in [1.29, 1.82) is 0 Å². The standard InChI is InChI=1S/C8H17OPSi/c1-11-6-2-4-10(9,8-11)5-3-7-11/h2-8H2,1H3. The van der Waals surface area contributed by atoms with Gasteiger partial charge in [0, 0.05) is 12.3 Å². The average molecular weight is 188 g/mol. The summed E-state index contributed by atoms with van der Waals surface area (Å²) < 4.78 is 12.1. The first-order valence-corrected chi connectivity index (χ1v) is 10.1. The Morgan fingerprint density at radius 1 is 1.18 bits per heavy atom. The third kappa shape index (κ3) is 1.48. The highest BCUT2D eigenvalue weighted by molar-refractivity contribution is 7.67. The molecule has 64 valence electrons. The van der Waals surface area contributed by atoms with Crippen LogP contribution in [0, 0.1) is 0 Å². The molecular weight excluding hydrogens is 171 g/mol. The molecule has 2 heterocycles. The Hall–Kier alpha value is 0.447. The summed E-state index contributed by atoms with van der Waals surface area (Å²) in [6, 6.07) is 2.94. The zero-order chi connectivity index (χ0) is 7.95. The summed E-state index contributed by atoms with van der Waals surface area (Å²) in [6.45, 7) is 2.47. The number of hydrogen-bond donors (Lipinski definition) is 0. The van der Waals surface area contributed by atoms with Gasteiger partial charge >= 0.3 is 0 Å². The maximum Gasteiger partial charge on any atom is 0.0852 e. The average Bonchev–Trinajstić information content (AvgIpc) is 1.83. The molecular formula is C8H17OPSi. The van der Waals surface area contributed by atoms with Crippen molar-refractivity contribution in [2.24, 2.45) is 0 Å². The molecule has 2 aliphatic heterocycles. The van der Waals surface area contributed by atoms with Gasteiger partial charge in [-0.25, -0.2) is 0 Å². The Bertz CT molecular complexity index is 200. The summed E-state index contributed by atoms with van der Waals surface area (Å²) in [5, 5.41) is 0. The number of fused-ring (bicyclic) bond motifs is 2. The molecule has 0 aromatic rings. The van der Waals surface area contributed by atoms with E-state index in [0.717, 1.165) is 12.3 Å². The maximum atomic E-state index is 12.1. The van der Waals surface area contributed by atoms with Crippen molar-refractivity contribution in [3.05, 3.63) is 0 Å². The number of hydrogen-bond acceptors (Lipinski definition) is 1. The van der Waals surface area contributed by atoms with E-state index in [0.29, 0.717) is 0 Å². The molecule has 0 saturated carbocycles. The van der Waals surface area contributed by atoms with E-state index in [1.54, 1.807) is 0 Å². The molecule has 1 nitrogen and oxygen atoms in total. The van der Waals surface area contributed by atoms with Crippen LogP contribution in [-0.4, -0.2) is 26.2 Å². The van der Waals surface area contributed by atoms with Gasteiger partial charge < -0.3 is 4.57 Å². The summed E-state index contributed by atoms with van der Waals surface area (Å²) >= 11 is 0. The van der Waals surface area contributed by atoms with Crippen LogP contribution in [0.15, 0.2) is 0 Å². The van der Waals surface area contributed by atoms with Gasteiger partial charge in [-0.15, -0.1) is 0 Å². The minimum Gasteiger partial charge on any atom is -0.324 e. The molecule has 2 bridgehead atoms. The van der Waals surface area contributed by atoms with Crippen LogP contribution in [0.5, 0.6) is 0 Å². The SMILES string of the molecule is C[Si]12CCCP(=O)(CCC1)C2. The van der Waals surface area contributed by atoms with Crippen molar-refractivity contribution >= 4 is 15.2 Å². The predicted octanol–water partition coefficient (Wildman–Crippen LogP) is 2.77. The highest BCUT2D eigenvalue weighted by Gasteiger charge is 2.42. The second kappa shape index (κ2) is 2.47. The maximum absolute atomic E-state index is 12.1. The van der Waals surface area contributed by atoms with Gasteiger partial charge in [0.25, 0.3) is 0 Å². The van der Waals surface area contributed by atoms with E-state index in [9.17, 15) is 4.57 Å². The molecule has 0 aliphatic carbocycles. The van der Waals surface area contributed by atoms with E-state index < -0.39 is 15.2 Å². The van der Waals surface area contributed by atoms with Gasteiger partial charge in [-0.2, -0.15) is 0 Å². The van der Waals surface area contributed by atoms with Crippen LogP contribution in [0.2, 0.25) is 18.6 Å². The highest BCUT2D eigenvalue weighted by Crippen LogP contribution is 2.57. The monoisotopic (exact) mass is 188 g/mol. The van der Waals surface area contributed by atoms with E-state index in [1.807, 2.05) is 0 Å². The second-order valence-corrected chi connectivity index (χ2v) is 13.6. The number of rotatable bonds is 0. The van der Waals surface area contributed by atoms with E-state index in [-0.39, 0.29) is 0 Å². The van der Waals surface area contributed by atoms with E-state index >= 15 is 0 Å². The lowest BCUT2D eigenvalue weighted by Gasteiger charge is -2.41. The molecule has 0 unspecified atom stereocenters. The molecule has 0 radical (unpaired) electrons. The van der Waals surface area contributed by atoms with Gasteiger partial charge in [0.1, 0.15) is 0 Å². The fraction of sp³-hybridized carbons (Fsp3) is 1.00. The van der Waals surface area contributed by atoms with Crippen LogP contribution in [0.1, 0.15) is 12.8 Å². The van der Waals surface area contributed by atoms with Gasteiger partial charge in [0.2, 0.25) is 0 Å². The van der Waals surface area contributed by atoms with Crippen molar-refractivity contribution in [2.75, 3.05) is 18.1 Å². The van der Waals surface area contributed by atoms with Crippen LogP contribution in [0.25, 0.3) is 0 Å². The molecule has 0 N–H and O–H groups in total. The summed E-state index contributed by atoms with van der Waals surface area (Å²) in [6.07, 6.45) is 4.77. The van der Waals surface area contributed by atoms with Crippen LogP contribution < -0.4 is 0 Å². The highest BCUT2D eigenvalue weighted by atomic mass is 31.2. The van der Waals surface area contributed by atoms with Crippen LogP contribution in [0.3, 0.4) is 0 Å². The van der Waals surface area contributed by atoms with Gasteiger partial charge in [-0.05, 0) is 18.6 Å². The fourth-order valence-electron chi connectivity index (χ4n) is 2.84. The quantitative estimate of drug-likeness (QED) is 0.422. The third-order valence-corrected chi connectivity index (χ3v) is 14.1. The summed E-state index contributed by atoms with van der Waals surface area (Å²) in [5.74, 6) is 1.21. The first-order valence-electron chi connectivity index (χ1n) is 4.69. The molecule has 11 heavy (non-hydrogen) atoms. The first kappa shape index (κ1) is 8.06. The molecule has 0 aromatic carbocycles. The largest absolute Gasteiger partial charge is 0.324 e. The van der Waals surface area contributed by atoms with E-state index in [4.69, 9.17) is 0 Å². The van der Waals surface area contributed by atoms with E-state index in [2.05, 4.69) is 6.55 Å². The molecule has 2 fully saturated rings. The molecule has 3 heteroatoms. The van der Waals surface area contributed by atoms with Crippen molar-refractivity contribution in [1.82, 2.24) is 0 Å². The van der Waals surface area contributed by atoms with Crippen molar-refractivity contribution in [3.63, 3.8) is 0 Å². The van der Waals surface area contributed by atoms with Gasteiger partial charge in [0.15, 0.2) is 0 Å². The topological polar surface area (TPSA) is 17.1 Å². The minimum atomic E-state index is -1.57. The Balaban J connectivity index is 2.23. The first-order chi connectivity index (χ1) is 5.12. The third-order valence-electron chi connectivity index (χ3n) is 3.36. The lowest BCUT2D eigenvalue weighted by atomic mass is 10.5. The Morgan fingerprint density at radius 2 is 1.73 bits per heavy atom. The zero-order valence-electron chi connectivity index (χ0n) is 7.31. The smallest absolute Gasteiger partial charge is 0.0852 e. The minimum absolute atomic E-state index is 0.922. The Labute approximate surface area is 70.0 Å². The fourth-order valence-corrected chi connectivity index (χ4v) is 15.5. The van der Waals surface area contributed by atoms with Crippen molar-refractivity contribution < 1.29 is 4.57 Å². The van der Waals surface area contributed by atoms with Crippen LogP contribution in [0.4, 0.5) is 0 Å². The summed E-state index contributed by atoms with van der Waals surface area (Å²) in [4.78, 5) is 0. The molecule has 0 atom stereocenters. The molecule has 0 amide bonds. The second-order valence-electron chi connectivity index (χ2n) is 4.68. The lowest BCUT2D eigenvalue weighted by molar-refractivity contribution is 0.570. The van der Waals surface area contributed by atoms with Crippen LogP contribution in [-0.2, 0) is 4.57 Å². The summed E-state index contributed by atoms with van der Waals surface area (Å²) in [7, 11) is -2.49. The molecule has 2 aliphatic rings. The normalized spacial score (nSPS) is 50.6. The van der Waals surface area contributed by atoms with Crippen LogP contribution >= 0.6 is 7.14 Å². The van der Waals surface area contributed by atoms with Crippen molar-refractivity contribution in [3.8, 4) is 0 Å². The molecule has 0 aromatic heterocycles. The van der Waals surface area contributed by atoms with Crippen molar-refractivity contribution in [2.45, 2.75) is 31.5 Å². The van der Waals surface area contributed by atoms with Gasteiger partial charge in [0.05, 0.1) is 15.2 Å². The van der Waals surface area contributed by atoms with Gasteiger partial charge in [-0.1, -0.05) is 18.6 Å². The van der Waals surface area contributed by atoms with Gasteiger partial charge in [-0.3, -0.25) is 0 Å².